The second-order valence-electron chi connectivity index (χ2n) is 7.07. The van der Waals surface area contributed by atoms with Crippen molar-refractivity contribution in [3.8, 4) is 11.6 Å². The second-order valence-corrected chi connectivity index (χ2v) is 8.42. The van der Waals surface area contributed by atoms with Gasteiger partial charge in [-0.3, -0.25) is 14.2 Å². The highest BCUT2D eigenvalue weighted by molar-refractivity contribution is 7.99. The van der Waals surface area contributed by atoms with Gasteiger partial charge in [-0.25, -0.2) is 0 Å². The van der Waals surface area contributed by atoms with Gasteiger partial charge in [0.1, 0.15) is 0 Å². The van der Waals surface area contributed by atoms with Gasteiger partial charge >= 0.3 is 0 Å². The summed E-state index contributed by atoms with van der Waals surface area (Å²) in [7, 11) is 0. The number of amides is 2. The molecule has 2 heterocycles. The lowest BCUT2D eigenvalue weighted by atomic mass is 10.2. The van der Waals surface area contributed by atoms with Crippen LogP contribution in [0.1, 0.15) is 12.5 Å². The van der Waals surface area contributed by atoms with E-state index in [-0.39, 0.29) is 17.6 Å². The Balaban J connectivity index is 1.49. The molecule has 33 heavy (non-hydrogen) atoms. The fourth-order valence-electron chi connectivity index (χ4n) is 3.11. The summed E-state index contributed by atoms with van der Waals surface area (Å²) in [5.41, 5.74) is 2.02. The third kappa shape index (κ3) is 5.82. The van der Waals surface area contributed by atoms with E-state index in [0.29, 0.717) is 39.7 Å². The highest BCUT2D eigenvalue weighted by atomic mass is 35.5. The van der Waals surface area contributed by atoms with Gasteiger partial charge in [-0.2, -0.15) is 0 Å². The van der Waals surface area contributed by atoms with Gasteiger partial charge in [-0.15, -0.1) is 10.2 Å². The Hall–Kier alpha value is -3.56. The van der Waals surface area contributed by atoms with Crippen LogP contribution in [0, 0.1) is 0 Å². The maximum absolute atomic E-state index is 12.6. The fraction of sp³-hybridized carbons (Fsp3) is 0.130. The van der Waals surface area contributed by atoms with E-state index in [9.17, 15) is 9.59 Å². The Bertz CT molecular complexity index is 1260. The molecule has 0 aliphatic carbocycles. The molecular formula is C23H20ClN5O3S. The minimum atomic E-state index is -0.268. The summed E-state index contributed by atoms with van der Waals surface area (Å²) in [6.07, 6.45) is 1.58. The molecule has 0 saturated carbocycles. The molecule has 0 saturated heterocycles. The van der Waals surface area contributed by atoms with Crippen LogP contribution >= 0.6 is 23.4 Å². The van der Waals surface area contributed by atoms with Crippen molar-refractivity contribution in [3.05, 3.63) is 77.5 Å². The molecule has 0 aliphatic rings. The summed E-state index contributed by atoms with van der Waals surface area (Å²) in [5, 5.41) is 14.9. The maximum Gasteiger partial charge on any atom is 0.234 e. The van der Waals surface area contributed by atoms with E-state index in [1.165, 1.54) is 18.7 Å². The number of hydrogen-bond acceptors (Lipinski definition) is 6. The highest BCUT2D eigenvalue weighted by Crippen LogP contribution is 2.28. The third-order valence-corrected chi connectivity index (χ3v) is 5.83. The molecule has 10 heteroatoms. The first-order valence-electron chi connectivity index (χ1n) is 10.0. The second kappa shape index (κ2) is 10.4. The smallest absolute Gasteiger partial charge is 0.234 e. The molecule has 2 aromatic heterocycles. The fourth-order valence-corrected chi connectivity index (χ4v) is 4.01. The van der Waals surface area contributed by atoms with Crippen LogP contribution in [0.5, 0.6) is 0 Å². The van der Waals surface area contributed by atoms with Gasteiger partial charge in [0, 0.05) is 12.6 Å². The monoisotopic (exact) mass is 481 g/mol. The standard InChI is InChI=1S/C23H20ClN5O3S/c1-15(30)25-17-9-10-18(24)19(12-17)26-21(31)14-33-23-28-27-22(20-8-5-11-32-20)29(23)13-16-6-3-2-4-7-16/h2-12H,13-14H2,1H3,(H,25,30)(H,26,31). The molecule has 4 rings (SSSR count). The number of nitrogens with zero attached hydrogens (tertiary/aromatic N) is 3. The van der Waals surface area contributed by atoms with Crippen molar-refractivity contribution >= 4 is 46.6 Å². The molecule has 2 amide bonds. The Morgan fingerprint density at radius 2 is 1.88 bits per heavy atom. The zero-order valence-corrected chi connectivity index (χ0v) is 19.2. The van der Waals surface area contributed by atoms with Crippen molar-refractivity contribution in [1.29, 1.82) is 0 Å². The molecule has 2 aromatic carbocycles. The van der Waals surface area contributed by atoms with Crippen LogP contribution in [0.15, 0.2) is 76.5 Å². The molecule has 4 aromatic rings. The highest BCUT2D eigenvalue weighted by Gasteiger charge is 2.18. The molecule has 168 valence electrons. The third-order valence-electron chi connectivity index (χ3n) is 4.54. The van der Waals surface area contributed by atoms with Gasteiger partial charge < -0.3 is 15.1 Å². The van der Waals surface area contributed by atoms with Crippen LogP contribution in [-0.2, 0) is 16.1 Å². The van der Waals surface area contributed by atoms with Crippen molar-refractivity contribution in [1.82, 2.24) is 14.8 Å². The summed E-state index contributed by atoms with van der Waals surface area (Å²) >= 11 is 7.45. The predicted octanol–water partition coefficient (Wildman–Crippen LogP) is 4.93. The molecule has 0 spiro atoms. The maximum atomic E-state index is 12.6. The van der Waals surface area contributed by atoms with Gasteiger partial charge in [0.2, 0.25) is 17.6 Å². The molecular weight excluding hydrogens is 462 g/mol. The quantitative estimate of drug-likeness (QED) is 0.346. The van der Waals surface area contributed by atoms with E-state index >= 15 is 0 Å². The number of benzene rings is 2. The van der Waals surface area contributed by atoms with Gasteiger partial charge in [0.15, 0.2) is 10.9 Å². The van der Waals surface area contributed by atoms with Crippen molar-refractivity contribution in [2.45, 2.75) is 18.6 Å². The van der Waals surface area contributed by atoms with Crippen molar-refractivity contribution in [2.75, 3.05) is 16.4 Å². The van der Waals surface area contributed by atoms with Crippen LogP contribution in [0.4, 0.5) is 11.4 Å². The van der Waals surface area contributed by atoms with E-state index in [2.05, 4.69) is 20.8 Å². The Labute approximate surface area is 199 Å². The minimum absolute atomic E-state index is 0.0891. The van der Waals surface area contributed by atoms with E-state index in [1.807, 2.05) is 41.0 Å². The Kier molecular flexibility index (Phi) is 7.11. The summed E-state index contributed by atoms with van der Waals surface area (Å²) in [4.78, 5) is 23.9. The van der Waals surface area contributed by atoms with E-state index in [4.69, 9.17) is 16.0 Å². The molecule has 0 aliphatic heterocycles. The lowest BCUT2D eigenvalue weighted by molar-refractivity contribution is -0.114. The van der Waals surface area contributed by atoms with Crippen LogP contribution < -0.4 is 10.6 Å². The number of furan rings is 1. The first-order chi connectivity index (χ1) is 16.0. The number of nitrogens with one attached hydrogen (secondary N) is 2. The van der Waals surface area contributed by atoms with Crippen LogP contribution in [0.3, 0.4) is 0 Å². The lowest BCUT2D eigenvalue weighted by Crippen LogP contribution is -2.15. The number of thioether (sulfide) groups is 1. The van der Waals surface area contributed by atoms with Crippen molar-refractivity contribution in [2.24, 2.45) is 0 Å². The number of aromatic nitrogens is 3. The Morgan fingerprint density at radius 1 is 1.06 bits per heavy atom. The number of carbonyl (C=O) groups is 2. The normalized spacial score (nSPS) is 10.7. The molecule has 0 fully saturated rings. The van der Waals surface area contributed by atoms with Gasteiger partial charge in [-0.1, -0.05) is 53.7 Å². The van der Waals surface area contributed by atoms with Crippen molar-refractivity contribution in [3.63, 3.8) is 0 Å². The number of rotatable bonds is 8. The van der Waals surface area contributed by atoms with E-state index in [1.54, 1.807) is 30.5 Å². The van der Waals surface area contributed by atoms with Gasteiger partial charge in [-0.05, 0) is 35.9 Å². The van der Waals surface area contributed by atoms with Crippen molar-refractivity contribution < 1.29 is 14.0 Å². The summed E-state index contributed by atoms with van der Waals surface area (Å²) in [6.45, 7) is 1.94. The van der Waals surface area contributed by atoms with Crippen LogP contribution in [0.2, 0.25) is 5.02 Å². The lowest BCUT2D eigenvalue weighted by Gasteiger charge is -2.11. The average molecular weight is 482 g/mol. The zero-order valence-electron chi connectivity index (χ0n) is 17.6. The SMILES string of the molecule is CC(=O)Nc1ccc(Cl)c(NC(=O)CSc2nnc(-c3ccco3)n2Cc2ccccc2)c1. The van der Waals surface area contributed by atoms with Gasteiger partial charge in [0.25, 0.3) is 0 Å². The Morgan fingerprint density at radius 3 is 2.61 bits per heavy atom. The molecule has 8 nitrogen and oxygen atoms in total. The minimum Gasteiger partial charge on any atom is -0.461 e. The number of hydrogen-bond donors (Lipinski definition) is 2. The molecule has 0 bridgehead atoms. The summed E-state index contributed by atoms with van der Waals surface area (Å²) in [6, 6.07) is 18.4. The first kappa shape index (κ1) is 22.6. The van der Waals surface area contributed by atoms with Crippen LogP contribution in [-0.4, -0.2) is 32.3 Å². The van der Waals surface area contributed by atoms with Gasteiger partial charge in [0.05, 0.1) is 29.3 Å². The molecule has 2 N–H and O–H groups in total. The van der Waals surface area contributed by atoms with E-state index in [0.717, 1.165) is 5.56 Å². The average Bonchev–Trinajstić information content (AvgIpc) is 3.45. The van der Waals surface area contributed by atoms with Crippen LogP contribution in [0.25, 0.3) is 11.6 Å². The largest absolute Gasteiger partial charge is 0.461 e. The van der Waals surface area contributed by atoms with E-state index < -0.39 is 0 Å². The summed E-state index contributed by atoms with van der Waals surface area (Å²) in [5.74, 6) is 0.784. The molecule has 0 radical (unpaired) electrons. The molecule has 0 atom stereocenters. The first-order valence-corrected chi connectivity index (χ1v) is 11.4. The number of carbonyl (C=O) groups excluding carboxylic acids is 2. The number of halogens is 1. The topological polar surface area (TPSA) is 102 Å². The number of anilines is 2. The molecule has 0 unspecified atom stereocenters. The zero-order chi connectivity index (χ0) is 23.2. The predicted molar refractivity (Wildman–Crippen MR) is 128 cm³/mol. The summed E-state index contributed by atoms with van der Waals surface area (Å²) < 4.78 is 7.42.